The Balaban J connectivity index is 2.64. The Bertz CT molecular complexity index is 504. The number of nitrogens with zero attached hydrogens (tertiary/aromatic N) is 2. The molecule has 0 saturated carbocycles. The molecule has 0 radical (unpaired) electrons. The summed E-state index contributed by atoms with van der Waals surface area (Å²) in [6.45, 7) is 3.75. The third-order valence-corrected chi connectivity index (χ3v) is 3.24. The zero-order valence-electron chi connectivity index (χ0n) is 11.5. The number of carbonyl (C=O) groups is 1. The average Bonchev–Trinajstić information content (AvgIpc) is 2.45. The van der Waals surface area contributed by atoms with Gasteiger partial charge in [-0.05, 0) is 29.3 Å². The Morgan fingerprint density at radius 3 is 2.95 bits per heavy atom. The average molecular weight is 348 g/mol. The van der Waals surface area contributed by atoms with Crippen LogP contribution in [0.25, 0.3) is 0 Å². The van der Waals surface area contributed by atoms with Crippen LogP contribution in [0.4, 0.5) is 5.69 Å². The largest absolute Gasteiger partial charge is 0.468 e. The lowest BCUT2D eigenvalue weighted by molar-refractivity contribution is -0.141. The van der Waals surface area contributed by atoms with Gasteiger partial charge in [0, 0.05) is 19.8 Å². The van der Waals surface area contributed by atoms with Crippen molar-refractivity contribution >= 4 is 27.6 Å². The third kappa shape index (κ3) is 4.93. The summed E-state index contributed by atoms with van der Waals surface area (Å²) in [7, 11) is 1.26. The highest BCUT2D eigenvalue weighted by Gasteiger charge is 2.11. The van der Waals surface area contributed by atoms with E-state index in [1.54, 1.807) is 0 Å². The molecule has 0 unspecified atom stereocenters. The highest BCUT2D eigenvalue weighted by molar-refractivity contribution is 9.10. The molecule has 0 atom stereocenters. The molecule has 0 aliphatic carbocycles. The first-order chi connectivity index (χ1) is 9.60. The Hall–Kier alpha value is -1.41. The SMILES string of the molecule is CCOCCCNc1cnn(CC(=O)OC)c(=O)c1Br. The highest BCUT2D eigenvalue weighted by atomic mass is 79.9. The van der Waals surface area contributed by atoms with E-state index in [2.05, 4.69) is 31.1 Å². The predicted molar refractivity (Wildman–Crippen MR) is 77.8 cm³/mol. The van der Waals surface area contributed by atoms with Crippen molar-refractivity contribution in [3.8, 4) is 0 Å². The van der Waals surface area contributed by atoms with Crippen molar-refractivity contribution in [2.24, 2.45) is 0 Å². The van der Waals surface area contributed by atoms with E-state index >= 15 is 0 Å². The number of halogens is 1. The Labute approximate surface area is 125 Å². The van der Waals surface area contributed by atoms with Gasteiger partial charge in [0.05, 0.1) is 19.0 Å². The molecule has 8 heteroatoms. The number of ether oxygens (including phenoxy) is 2. The van der Waals surface area contributed by atoms with E-state index in [1.165, 1.54) is 13.3 Å². The predicted octanol–water partition coefficient (Wildman–Crippen LogP) is 1.02. The van der Waals surface area contributed by atoms with Crippen LogP contribution < -0.4 is 10.9 Å². The van der Waals surface area contributed by atoms with Crippen LogP contribution in [0, 0.1) is 0 Å². The second-order valence-corrected chi connectivity index (χ2v) is 4.68. The summed E-state index contributed by atoms with van der Waals surface area (Å²) >= 11 is 3.21. The van der Waals surface area contributed by atoms with E-state index in [9.17, 15) is 9.59 Å². The maximum atomic E-state index is 12.0. The number of carbonyl (C=O) groups excluding carboxylic acids is 1. The molecule has 1 N–H and O–H groups in total. The molecule has 7 nitrogen and oxygen atoms in total. The lowest BCUT2D eigenvalue weighted by Gasteiger charge is -2.10. The lowest BCUT2D eigenvalue weighted by atomic mass is 10.4. The number of rotatable bonds is 8. The number of hydrogen-bond acceptors (Lipinski definition) is 6. The highest BCUT2D eigenvalue weighted by Crippen LogP contribution is 2.15. The number of esters is 1. The number of methoxy groups -OCH3 is 1. The monoisotopic (exact) mass is 347 g/mol. The molecule has 1 aromatic rings. The van der Waals surface area contributed by atoms with Crippen molar-refractivity contribution in [1.29, 1.82) is 0 Å². The molecule has 0 amide bonds. The number of aromatic nitrogens is 2. The Kier molecular flexibility index (Phi) is 7.24. The van der Waals surface area contributed by atoms with E-state index in [0.717, 1.165) is 11.1 Å². The molecule has 20 heavy (non-hydrogen) atoms. The minimum atomic E-state index is -0.524. The molecular weight excluding hydrogens is 330 g/mol. The van der Waals surface area contributed by atoms with E-state index < -0.39 is 5.97 Å². The fourth-order valence-corrected chi connectivity index (χ4v) is 1.88. The quantitative estimate of drug-likeness (QED) is 0.558. The number of anilines is 1. The molecule has 1 aromatic heterocycles. The maximum Gasteiger partial charge on any atom is 0.327 e. The van der Waals surface area contributed by atoms with Gasteiger partial charge in [-0.1, -0.05) is 0 Å². The van der Waals surface area contributed by atoms with Crippen LogP contribution in [0.15, 0.2) is 15.5 Å². The molecule has 0 fully saturated rings. The van der Waals surface area contributed by atoms with Crippen molar-refractivity contribution in [2.45, 2.75) is 19.9 Å². The molecule has 0 spiro atoms. The maximum absolute atomic E-state index is 12.0. The van der Waals surface area contributed by atoms with E-state index in [4.69, 9.17) is 4.74 Å². The number of nitrogens with one attached hydrogen (secondary N) is 1. The fraction of sp³-hybridized carbons (Fsp3) is 0.583. The summed E-state index contributed by atoms with van der Waals surface area (Å²) in [6.07, 6.45) is 2.32. The smallest absolute Gasteiger partial charge is 0.327 e. The molecule has 0 aliphatic heterocycles. The van der Waals surface area contributed by atoms with Crippen LogP contribution in [-0.4, -0.2) is 42.6 Å². The summed E-state index contributed by atoms with van der Waals surface area (Å²) in [5, 5.41) is 7.01. The molecule has 0 saturated heterocycles. The molecule has 0 aliphatic rings. The minimum Gasteiger partial charge on any atom is -0.468 e. The van der Waals surface area contributed by atoms with Gasteiger partial charge in [0.15, 0.2) is 0 Å². The summed E-state index contributed by atoms with van der Waals surface area (Å²) in [4.78, 5) is 23.1. The van der Waals surface area contributed by atoms with Crippen LogP contribution in [0.1, 0.15) is 13.3 Å². The van der Waals surface area contributed by atoms with Gasteiger partial charge in [0.1, 0.15) is 11.0 Å². The summed E-state index contributed by atoms with van der Waals surface area (Å²) in [5.41, 5.74) is 0.206. The zero-order valence-corrected chi connectivity index (χ0v) is 13.1. The van der Waals surface area contributed by atoms with Crippen LogP contribution in [-0.2, 0) is 20.8 Å². The van der Waals surface area contributed by atoms with Gasteiger partial charge in [-0.2, -0.15) is 5.10 Å². The van der Waals surface area contributed by atoms with Crippen LogP contribution >= 0.6 is 15.9 Å². The standard InChI is InChI=1S/C12H18BrN3O4/c1-3-20-6-4-5-14-9-7-15-16(8-10(17)19-2)12(18)11(9)13/h7,14H,3-6,8H2,1-2H3. The Morgan fingerprint density at radius 2 is 2.30 bits per heavy atom. The first-order valence-corrected chi connectivity index (χ1v) is 7.03. The summed E-state index contributed by atoms with van der Waals surface area (Å²) < 4.78 is 11.1. The van der Waals surface area contributed by atoms with Crippen molar-refractivity contribution < 1.29 is 14.3 Å². The third-order valence-electron chi connectivity index (χ3n) is 2.48. The molecule has 0 bridgehead atoms. The van der Waals surface area contributed by atoms with Crippen LogP contribution in [0.3, 0.4) is 0 Å². The Morgan fingerprint density at radius 1 is 1.55 bits per heavy atom. The van der Waals surface area contributed by atoms with E-state index in [0.29, 0.717) is 29.9 Å². The fourth-order valence-electron chi connectivity index (χ4n) is 1.43. The summed E-state index contributed by atoms with van der Waals surface area (Å²) in [5.74, 6) is -0.524. The summed E-state index contributed by atoms with van der Waals surface area (Å²) in [6, 6.07) is 0. The topological polar surface area (TPSA) is 82.4 Å². The van der Waals surface area contributed by atoms with Crippen molar-refractivity contribution in [3.05, 3.63) is 21.0 Å². The van der Waals surface area contributed by atoms with Gasteiger partial charge in [0.25, 0.3) is 5.56 Å². The second kappa shape index (κ2) is 8.70. The number of hydrogen-bond donors (Lipinski definition) is 1. The zero-order chi connectivity index (χ0) is 15.0. The molecule has 112 valence electrons. The van der Waals surface area contributed by atoms with Gasteiger partial charge >= 0.3 is 5.97 Å². The minimum absolute atomic E-state index is 0.210. The molecule has 0 aromatic carbocycles. The second-order valence-electron chi connectivity index (χ2n) is 3.89. The van der Waals surface area contributed by atoms with Crippen molar-refractivity contribution in [2.75, 3.05) is 32.2 Å². The van der Waals surface area contributed by atoms with Gasteiger partial charge in [-0.25, -0.2) is 4.68 Å². The van der Waals surface area contributed by atoms with Gasteiger partial charge in [-0.3, -0.25) is 9.59 Å². The molecule has 1 heterocycles. The molecule has 1 rings (SSSR count). The van der Waals surface area contributed by atoms with Gasteiger partial charge < -0.3 is 14.8 Å². The lowest BCUT2D eigenvalue weighted by Crippen LogP contribution is -2.28. The van der Waals surface area contributed by atoms with E-state index in [-0.39, 0.29) is 12.1 Å². The van der Waals surface area contributed by atoms with Crippen molar-refractivity contribution in [1.82, 2.24) is 9.78 Å². The first kappa shape index (κ1) is 16.6. The van der Waals surface area contributed by atoms with Crippen LogP contribution in [0.2, 0.25) is 0 Å². The molecular formula is C12H18BrN3O4. The van der Waals surface area contributed by atoms with E-state index in [1.807, 2.05) is 6.92 Å². The van der Waals surface area contributed by atoms with Crippen molar-refractivity contribution in [3.63, 3.8) is 0 Å². The van der Waals surface area contributed by atoms with Gasteiger partial charge in [0.2, 0.25) is 0 Å². The first-order valence-electron chi connectivity index (χ1n) is 6.24. The van der Waals surface area contributed by atoms with Gasteiger partial charge in [-0.15, -0.1) is 0 Å². The van der Waals surface area contributed by atoms with Crippen LogP contribution in [0.5, 0.6) is 0 Å². The normalized spacial score (nSPS) is 10.3.